The van der Waals surface area contributed by atoms with Crippen LogP contribution in [0, 0.1) is 0 Å². The lowest BCUT2D eigenvalue weighted by molar-refractivity contribution is 0.0620. The summed E-state index contributed by atoms with van der Waals surface area (Å²) in [4.78, 5) is 27.5. The fraction of sp³-hybridized carbons (Fsp3) is 0.294. The van der Waals surface area contributed by atoms with E-state index in [0.717, 1.165) is 30.8 Å². The van der Waals surface area contributed by atoms with Crippen molar-refractivity contribution in [2.75, 3.05) is 26.2 Å². The first-order valence-electron chi connectivity index (χ1n) is 8.20. The van der Waals surface area contributed by atoms with Crippen LogP contribution in [0.15, 0.2) is 47.4 Å². The summed E-state index contributed by atoms with van der Waals surface area (Å²) in [6.45, 7) is 3.59. The van der Waals surface area contributed by atoms with Crippen LogP contribution in [-0.4, -0.2) is 61.7 Å². The van der Waals surface area contributed by atoms with Crippen molar-refractivity contribution >= 4 is 11.4 Å². The second kappa shape index (κ2) is 6.48. The average Bonchev–Trinajstić information content (AvgIpc) is 3.05. The Morgan fingerprint density at radius 3 is 2.68 bits per heavy atom. The fourth-order valence-corrected chi connectivity index (χ4v) is 3.03. The van der Waals surface area contributed by atoms with Crippen molar-refractivity contribution in [1.29, 1.82) is 0 Å². The molecule has 3 aromatic heterocycles. The maximum atomic E-state index is 12.4. The first-order valence-corrected chi connectivity index (χ1v) is 8.20. The number of nitrogens with one attached hydrogen (secondary N) is 1. The molecule has 0 radical (unpaired) electrons. The normalized spacial score (nSPS) is 15.6. The molecule has 0 aliphatic carbocycles. The average molecular weight is 338 g/mol. The summed E-state index contributed by atoms with van der Waals surface area (Å²) in [5.74, 6) is -0.149. The Balaban J connectivity index is 1.37. The van der Waals surface area contributed by atoms with Gasteiger partial charge >= 0.3 is 0 Å². The highest BCUT2D eigenvalue weighted by Crippen LogP contribution is 2.11. The number of rotatable bonds is 3. The van der Waals surface area contributed by atoms with Crippen molar-refractivity contribution < 1.29 is 4.79 Å². The number of nitrogens with zero attached hydrogens (tertiary/aromatic N) is 5. The molecule has 128 valence electrons. The van der Waals surface area contributed by atoms with E-state index in [9.17, 15) is 9.59 Å². The highest BCUT2D eigenvalue weighted by molar-refractivity contribution is 5.92. The van der Waals surface area contributed by atoms with Gasteiger partial charge in [-0.25, -0.2) is 9.61 Å². The number of fused-ring (bicyclic) bond motifs is 1. The second-order valence-electron chi connectivity index (χ2n) is 6.08. The maximum absolute atomic E-state index is 12.4. The maximum Gasteiger partial charge on any atom is 0.274 e. The van der Waals surface area contributed by atoms with E-state index in [1.54, 1.807) is 4.90 Å². The number of hydrogen-bond donors (Lipinski definition) is 1. The summed E-state index contributed by atoms with van der Waals surface area (Å²) in [5.41, 5.74) is 2.06. The lowest BCUT2D eigenvalue weighted by Gasteiger charge is -2.34. The Morgan fingerprint density at radius 2 is 1.96 bits per heavy atom. The number of pyridine rings is 1. The molecule has 1 aliphatic heterocycles. The van der Waals surface area contributed by atoms with E-state index in [-0.39, 0.29) is 17.2 Å². The number of piperazine rings is 1. The van der Waals surface area contributed by atoms with Crippen LogP contribution in [0.5, 0.6) is 0 Å². The summed E-state index contributed by atoms with van der Waals surface area (Å²) in [6, 6.07) is 10.9. The monoisotopic (exact) mass is 338 g/mol. The molecule has 4 rings (SSSR count). The minimum Gasteiger partial charge on any atom is -0.335 e. The zero-order valence-corrected chi connectivity index (χ0v) is 13.6. The van der Waals surface area contributed by atoms with Gasteiger partial charge in [0.05, 0.1) is 11.2 Å². The van der Waals surface area contributed by atoms with Gasteiger partial charge in [-0.2, -0.15) is 10.2 Å². The molecule has 0 bridgehead atoms. The van der Waals surface area contributed by atoms with Gasteiger partial charge in [0, 0.05) is 45.0 Å². The van der Waals surface area contributed by atoms with Crippen molar-refractivity contribution in [1.82, 2.24) is 29.6 Å². The lowest BCUT2D eigenvalue weighted by Crippen LogP contribution is -2.48. The molecule has 3 aromatic rings. The van der Waals surface area contributed by atoms with Gasteiger partial charge in [-0.3, -0.25) is 14.5 Å². The van der Waals surface area contributed by atoms with E-state index in [2.05, 4.69) is 26.3 Å². The third-order valence-electron chi connectivity index (χ3n) is 4.36. The molecule has 1 N–H and O–H groups in total. The third-order valence-corrected chi connectivity index (χ3v) is 4.36. The minimum atomic E-state index is -0.311. The van der Waals surface area contributed by atoms with Gasteiger partial charge in [0.1, 0.15) is 5.69 Å². The minimum absolute atomic E-state index is 0.149. The van der Waals surface area contributed by atoms with Crippen molar-refractivity contribution in [3.63, 3.8) is 0 Å². The second-order valence-corrected chi connectivity index (χ2v) is 6.08. The first-order chi connectivity index (χ1) is 12.2. The molecular weight excluding hydrogens is 320 g/mol. The first kappa shape index (κ1) is 15.5. The van der Waals surface area contributed by atoms with E-state index in [4.69, 9.17) is 0 Å². The molecule has 1 saturated heterocycles. The quantitative estimate of drug-likeness (QED) is 0.746. The number of carbonyl (C=O) groups excluding carboxylic acids is 1. The van der Waals surface area contributed by atoms with Crippen LogP contribution in [0.1, 0.15) is 16.2 Å². The van der Waals surface area contributed by atoms with Crippen LogP contribution in [0.4, 0.5) is 0 Å². The number of aromatic amines is 1. The molecule has 8 nitrogen and oxygen atoms in total. The van der Waals surface area contributed by atoms with Crippen LogP contribution < -0.4 is 5.56 Å². The topological polar surface area (TPSA) is 86.6 Å². The highest BCUT2D eigenvalue weighted by atomic mass is 16.2. The van der Waals surface area contributed by atoms with Crippen molar-refractivity contribution in [2.45, 2.75) is 6.54 Å². The van der Waals surface area contributed by atoms with E-state index >= 15 is 0 Å². The Bertz CT molecular complexity index is 901. The van der Waals surface area contributed by atoms with Gasteiger partial charge in [0.25, 0.3) is 11.5 Å². The number of hydrogen-bond acceptors (Lipinski definition) is 5. The molecule has 4 heterocycles. The van der Waals surface area contributed by atoms with Crippen molar-refractivity contribution in [2.24, 2.45) is 0 Å². The number of H-pyrrole nitrogens is 1. The smallest absolute Gasteiger partial charge is 0.274 e. The van der Waals surface area contributed by atoms with Gasteiger partial charge < -0.3 is 4.90 Å². The zero-order chi connectivity index (χ0) is 17.2. The van der Waals surface area contributed by atoms with E-state index in [0.29, 0.717) is 13.1 Å². The molecule has 0 spiro atoms. The summed E-state index contributed by atoms with van der Waals surface area (Å²) < 4.78 is 1.87. The van der Waals surface area contributed by atoms with Gasteiger partial charge in [-0.15, -0.1) is 0 Å². The van der Waals surface area contributed by atoms with Crippen LogP contribution in [-0.2, 0) is 6.54 Å². The van der Waals surface area contributed by atoms with E-state index in [1.807, 2.05) is 28.9 Å². The molecule has 1 aliphatic rings. The van der Waals surface area contributed by atoms with Crippen LogP contribution in [0.2, 0.25) is 0 Å². The summed E-state index contributed by atoms with van der Waals surface area (Å²) in [6.07, 6.45) is 1.94. The molecular formula is C17H18N6O2. The number of amides is 1. The fourth-order valence-electron chi connectivity index (χ4n) is 3.03. The van der Waals surface area contributed by atoms with E-state index < -0.39 is 0 Å². The van der Waals surface area contributed by atoms with Crippen LogP contribution in [0.3, 0.4) is 0 Å². The Hall–Kier alpha value is -3.00. The van der Waals surface area contributed by atoms with Gasteiger partial charge in [0.15, 0.2) is 0 Å². The SMILES string of the molecule is O=C(c1ccc(=O)[nH]n1)N1CCN(Cc2cc3ccccn3n2)CC1. The zero-order valence-electron chi connectivity index (χ0n) is 13.6. The lowest BCUT2D eigenvalue weighted by atomic mass is 10.2. The largest absolute Gasteiger partial charge is 0.335 e. The van der Waals surface area contributed by atoms with Gasteiger partial charge in [-0.05, 0) is 24.3 Å². The molecule has 8 heteroatoms. The third kappa shape index (κ3) is 3.29. The van der Waals surface area contributed by atoms with Gasteiger partial charge in [0.2, 0.25) is 0 Å². The van der Waals surface area contributed by atoms with Crippen LogP contribution in [0.25, 0.3) is 5.52 Å². The molecule has 25 heavy (non-hydrogen) atoms. The number of aromatic nitrogens is 4. The van der Waals surface area contributed by atoms with Crippen molar-refractivity contribution in [3.8, 4) is 0 Å². The van der Waals surface area contributed by atoms with Crippen LogP contribution >= 0.6 is 0 Å². The Kier molecular flexibility index (Phi) is 4.02. The Labute approximate surface area is 143 Å². The molecule has 0 unspecified atom stereocenters. The molecule has 0 aromatic carbocycles. The van der Waals surface area contributed by atoms with Crippen molar-refractivity contribution in [3.05, 3.63) is 64.3 Å². The van der Waals surface area contributed by atoms with Gasteiger partial charge in [-0.1, -0.05) is 6.07 Å². The predicted molar refractivity (Wildman–Crippen MR) is 91.2 cm³/mol. The predicted octanol–water partition coefficient (Wildman–Crippen LogP) is 0.376. The molecule has 0 saturated carbocycles. The molecule has 1 fully saturated rings. The molecule has 0 atom stereocenters. The highest BCUT2D eigenvalue weighted by Gasteiger charge is 2.23. The summed E-state index contributed by atoms with van der Waals surface area (Å²) in [7, 11) is 0. The Morgan fingerprint density at radius 1 is 1.12 bits per heavy atom. The standard InChI is InChI=1S/C17H18N6O2/c24-16-5-4-15(18-19-16)17(25)22-9-7-21(8-10-22)12-13-11-14-3-1-2-6-23(14)20-13/h1-6,11H,7-10,12H2,(H,19,24). The number of carbonyl (C=O) groups is 1. The van der Waals surface area contributed by atoms with E-state index in [1.165, 1.54) is 12.1 Å². The molecule has 1 amide bonds. The summed E-state index contributed by atoms with van der Waals surface area (Å²) >= 11 is 0. The summed E-state index contributed by atoms with van der Waals surface area (Å²) in [5, 5.41) is 10.7.